The van der Waals surface area contributed by atoms with Crippen LogP contribution in [0.5, 0.6) is 0 Å². The molecular formula is C12H14BrNO. The van der Waals surface area contributed by atoms with Gasteiger partial charge in [0.2, 0.25) is 0 Å². The molecule has 2 nitrogen and oxygen atoms in total. The van der Waals surface area contributed by atoms with Crippen LogP contribution < -0.4 is 5.32 Å². The molecule has 0 unspecified atom stereocenters. The quantitative estimate of drug-likeness (QED) is 0.630. The van der Waals surface area contributed by atoms with Crippen molar-refractivity contribution in [3.8, 4) is 12.3 Å². The fraction of sp³-hybridized carbons (Fsp3) is 0.333. The normalized spacial score (nSPS) is 9.87. The molecule has 3 heteroatoms. The van der Waals surface area contributed by atoms with Gasteiger partial charge in [-0.25, -0.2) is 0 Å². The number of benzene rings is 1. The fourth-order valence-electron chi connectivity index (χ4n) is 1.12. The molecule has 1 aromatic rings. The molecule has 0 radical (unpaired) electrons. The SMILES string of the molecule is C#CCNCCOCc1cccc(Br)c1. The van der Waals surface area contributed by atoms with Crippen LogP contribution in [0.3, 0.4) is 0 Å². The van der Waals surface area contributed by atoms with Crippen LogP contribution in [0.4, 0.5) is 0 Å². The van der Waals surface area contributed by atoms with E-state index in [9.17, 15) is 0 Å². The second kappa shape index (κ2) is 7.47. The van der Waals surface area contributed by atoms with E-state index in [1.807, 2.05) is 18.2 Å². The lowest BCUT2D eigenvalue weighted by molar-refractivity contribution is 0.123. The molecule has 1 N–H and O–H groups in total. The van der Waals surface area contributed by atoms with Gasteiger partial charge in [-0.05, 0) is 17.7 Å². The molecule has 0 aromatic heterocycles. The lowest BCUT2D eigenvalue weighted by Crippen LogP contribution is -2.19. The Kier molecular flexibility index (Phi) is 6.10. The molecule has 1 rings (SSSR count). The van der Waals surface area contributed by atoms with Crippen molar-refractivity contribution in [3.05, 3.63) is 34.3 Å². The van der Waals surface area contributed by atoms with Gasteiger partial charge < -0.3 is 10.1 Å². The fourth-order valence-corrected chi connectivity index (χ4v) is 1.57. The predicted octanol–water partition coefficient (Wildman–Crippen LogP) is 2.19. The number of halogens is 1. The molecule has 80 valence electrons. The summed E-state index contributed by atoms with van der Waals surface area (Å²) in [6.07, 6.45) is 5.09. The van der Waals surface area contributed by atoms with Gasteiger partial charge in [-0.3, -0.25) is 0 Å². The molecule has 0 saturated carbocycles. The summed E-state index contributed by atoms with van der Waals surface area (Å²) in [4.78, 5) is 0. The molecule has 1 aromatic carbocycles. The van der Waals surface area contributed by atoms with Gasteiger partial charge >= 0.3 is 0 Å². The highest BCUT2D eigenvalue weighted by atomic mass is 79.9. The molecule has 0 amide bonds. The van der Waals surface area contributed by atoms with Crippen LogP contribution in [0.2, 0.25) is 0 Å². The molecule has 0 saturated heterocycles. The molecule has 0 fully saturated rings. The highest BCUT2D eigenvalue weighted by molar-refractivity contribution is 9.10. The average molecular weight is 268 g/mol. The minimum Gasteiger partial charge on any atom is -0.375 e. The van der Waals surface area contributed by atoms with Crippen molar-refractivity contribution in [2.45, 2.75) is 6.61 Å². The molecular weight excluding hydrogens is 254 g/mol. The molecule has 0 aliphatic carbocycles. The maximum Gasteiger partial charge on any atom is 0.0717 e. The Morgan fingerprint density at radius 3 is 3.07 bits per heavy atom. The topological polar surface area (TPSA) is 21.3 Å². The van der Waals surface area contributed by atoms with Gasteiger partial charge in [0, 0.05) is 11.0 Å². The molecule has 0 spiro atoms. The number of ether oxygens (including phenoxy) is 1. The largest absolute Gasteiger partial charge is 0.375 e. The first kappa shape index (κ1) is 12.3. The number of terminal acetylenes is 1. The van der Waals surface area contributed by atoms with E-state index in [-0.39, 0.29) is 0 Å². The van der Waals surface area contributed by atoms with Gasteiger partial charge in [-0.15, -0.1) is 6.42 Å². The number of hydrogen-bond donors (Lipinski definition) is 1. The molecule has 15 heavy (non-hydrogen) atoms. The Labute approximate surface area is 99.2 Å². The Morgan fingerprint density at radius 2 is 2.33 bits per heavy atom. The van der Waals surface area contributed by atoms with E-state index in [0.717, 1.165) is 11.0 Å². The van der Waals surface area contributed by atoms with Gasteiger partial charge in [0.05, 0.1) is 19.8 Å². The van der Waals surface area contributed by atoms with Crippen molar-refractivity contribution in [2.24, 2.45) is 0 Å². The van der Waals surface area contributed by atoms with Crippen LogP contribution >= 0.6 is 15.9 Å². The van der Waals surface area contributed by atoms with Crippen LogP contribution in [0, 0.1) is 12.3 Å². The van der Waals surface area contributed by atoms with Crippen molar-refractivity contribution in [2.75, 3.05) is 19.7 Å². The third-order valence-corrected chi connectivity index (χ3v) is 2.30. The van der Waals surface area contributed by atoms with Gasteiger partial charge in [0.15, 0.2) is 0 Å². The van der Waals surface area contributed by atoms with Crippen LogP contribution in [0.25, 0.3) is 0 Å². The Balaban J connectivity index is 2.13. The summed E-state index contributed by atoms with van der Waals surface area (Å²) in [6.45, 7) is 2.70. The predicted molar refractivity (Wildman–Crippen MR) is 65.5 cm³/mol. The van der Waals surface area contributed by atoms with Crippen molar-refractivity contribution < 1.29 is 4.74 Å². The van der Waals surface area contributed by atoms with Gasteiger partial charge in [-0.1, -0.05) is 34.0 Å². The smallest absolute Gasteiger partial charge is 0.0717 e. The summed E-state index contributed by atoms with van der Waals surface area (Å²) in [7, 11) is 0. The first-order chi connectivity index (χ1) is 7.33. The van der Waals surface area contributed by atoms with Gasteiger partial charge in [-0.2, -0.15) is 0 Å². The third-order valence-electron chi connectivity index (χ3n) is 1.81. The first-order valence-electron chi connectivity index (χ1n) is 4.79. The molecule has 0 aliphatic heterocycles. The highest BCUT2D eigenvalue weighted by Crippen LogP contribution is 2.11. The zero-order chi connectivity index (χ0) is 10.9. The standard InChI is InChI=1S/C12H14BrNO/c1-2-6-14-7-8-15-10-11-4-3-5-12(13)9-11/h1,3-5,9,14H,6-8,10H2. The van der Waals surface area contributed by atoms with Crippen LogP contribution in [0.15, 0.2) is 28.7 Å². The summed E-state index contributed by atoms with van der Waals surface area (Å²) in [5.74, 6) is 2.51. The van der Waals surface area contributed by atoms with Crippen molar-refractivity contribution in [1.29, 1.82) is 0 Å². The van der Waals surface area contributed by atoms with E-state index >= 15 is 0 Å². The number of rotatable bonds is 6. The van der Waals surface area contributed by atoms with Crippen molar-refractivity contribution in [1.82, 2.24) is 5.32 Å². The molecule has 0 heterocycles. The average Bonchev–Trinajstić information content (AvgIpc) is 2.23. The summed E-state index contributed by atoms with van der Waals surface area (Å²) in [6, 6.07) is 8.09. The zero-order valence-electron chi connectivity index (χ0n) is 8.50. The summed E-state index contributed by atoms with van der Waals surface area (Å²) in [5, 5.41) is 3.06. The second-order valence-corrected chi connectivity index (χ2v) is 3.98. The Morgan fingerprint density at radius 1 is 1.47 bits per heavy atom. The van der Waals surface area contributed by atoms with Crippen LogP contribution in [0.1, 0.15) is 5.56 Å². The zero-order valence-corrected chi connectivity index (χ0v) is 10.1. The summed E-state index contributed by atoms with van der Waals surface area (Å²) in [5.41, 5.74) is 1.17. The molecule has 0 bridgehead atoms. The van der Waals surface area contributed by atoms with Gasteiger partial charge in [0.1, 0.15) is 0 Å². The molecule has 0 aliphatic rings. The van der Waals surface area contributed by atoms with E-state index in [4.69, 9.17) is 11.2 Å². The first-order valence-corrected chi connectivity index (χ1v) is 5.58. The minimum absolute atomic E-state index is 0.597. The monoisotopic (exact) mass is 267 g/mol. The number of nitrogens with one attached hydrogen (secondary N) is 1. The van der Waals surface area contributed by atoms with E-state index in [2.05, 4.69) is 33.2 Å². The minimum atomic E-state index is 0.597. The lowest BCUT2D eigenvalue weighted by Gasteiger charge is -2.04. The van der Waals surface area contributed by atoms with Crippen molar-refractivity contribution >= 4 is 15.9 Å². The second-order valence-electron chi connectivity index (χ2n) is 3.06. The number of hydrogen-bond acceptors (Lipinski definition) is 2. The summed E-state index contributed by atoms with van der Waals surface area (Å²) >= 11 is 3.42. The van der Waals surface area contributed by atoms with E-state index in [1.165, 1.54) is 5.56 Å². The van der Waals surface area contributed by atoms with E-state index < -0.39 is 0 Å². The van der Waals surface area contributed by atoms with Crippen molar-refractivity contribution in [3.63, 3.8) is 0 Å². The summed E-state index contributed by atoms with van der Waals surface area (Å²) < 4.78 is 6.55. The maximum absolute atomic E-state index is 5.47. The Bertz CT molecular complexity index is 333. The van der Waals surface area contributed by atoms with E-state index in [1.54, 1.807) is 0 Å². The van der Waals surface area contributed by atoms with Crippen LogP contribution in [-0.2, 0) is 11.3 Å². The van der Waals surface area contributed by atoms with Crippen LogP contribution in [-0.4, -0.2) is 19.7 Å². The third kappa shape index (κ3) is 5.58. The maximum atomic E-state index is 5.47. The molecule has 0 atom stereocenters. The lowest BCUT2D eigenvalue weighted by atomic mass is 10.2. The Hall–Kier alpha value is -0.820. The van der Waals surface area contributed by atoms with Gasteiger partial charge in [0.25, 0.3) is 0 Å². The van der Waals surface area contributed by atoms with E-state index in [0.29, 0.717) is 19.8 Å². The highest BCUT2D eigenvalue weighted by Gasteiger charge is 1.93.